The summed E-state index contributed by atoms with van der Waals surface area (Å²) in [5.41, 5.74) is 2.06. The van der Waals surface area contributed by atoms with E-state index in [1.54, 1.807) is 12.1 Å². The van der Waals surface area contributed by atoms with Crippen LogP contribution in [0.15, 0.2) is 36.4 Å². The largest absolute Gasteiger partial charge is 0.388 e. The Bertz CT molecular complexity index is 625. The van der Waals surface area contributed by atoms with Crippen LogP contribution >= 0.6 is 11.6 Å². The molecule has 2 atom stereocenters. The van der Waals surface area contributed by atoms with Gasteiger partial charge in [-0.2, -0.15) is 0 Å². The summed E-state index contributed by atoms with van der Waals surface area (Å²) in [6.07, 6.45) is -0.328. The predicted molar refractivity (Wildman–Crippen MR) is 69.2 cm³/mol. The Labute approximate surface area is 114 Å². The topological polar surface area (TPSA) is 20.2 Å². The number of aliphatic hydroxyl groups is 1. The van der Waals surface area contributed by atoms with Crippen LogP contribution in [0.4, 0.5) is 8.78 Å². The van der Waals surface area contributed by atoms with Gasteiger partial charge in [0.2, 0.25) is 0 Å². The molecule has 1 aliphatic rings. The fourth-order valence-corrected chi connectivity index (χ4v) is 2.78. The second kappa shape index (κ2) is 4.58. The maximum absolute atomic E-state index is 13.4. The van der Waals surface area contributed by atoms with Gasteiger partial charge >= 0.3 is 0 Å². The van der Waals surface area contributed by atoms with Crippen molar-refractivity contribution >= 4 is 11.6 Å². The maximum atomic E-state index is 13.4. The lowest BCUT2D eigenvalue weighted by molar-refractivity contribution is 0.176. The van der Waals surface area contributed by atoms with Crippen molar-refractivity contribution in [3.63, 3.8) is 0 Å². The zero-order valence-corrected chi connectivity index (χ0v) is 10.7. The number of fused-ring (bicyclic) bond motifs is 1. The van der Waals surface area contributed by atoms with Crippen molar-refractivity contribution in [1.82, 2.24) is 0 Å². The third-order valence-corrected chi connectivity index (χ3v) is 3.84. The van der Waals surface area contributed by atoms with Crippen molar-refractivity contribution in [2.24, 2.45) is 0 Å². The molecule has 0 saturated heterocycles. The van der Waals surface area contributed by atoms with Gasteiger partial charge in [-0.05, 0) is 47.4 Å². The lowest BCUT2D eigenvalue weighted by Crippen LogP contribution is -1.97. The summed E-state index contributed by atoms with van der Waals surface area (Å²) in [4.78, 5) is 0. The van der Waals surface area contributed by atoms with Gasteiger partial charge < -0.3 is 5.11 Å². The highest BCUT2D eigenvalue weighted by atomic mass is 35.5. The lowest BCUT2D eigenvalue weighted by Gasteiger charge is -2.12. The molecule has 1 aliphatic carbocycles. The molecule has 2 aromatic carbocycles. The molecule has 0 aromatic heterocycles. The van der Waals surface area contributed by atoms with E-state index in [4.69, 9.17) is 11.6 Å². The molecule has 0 fully saturated rings. The van der Waals surface area contributed by atoms with E-state index in [0.717, 1.165) is 11.6 Å². The number of hydrogen-bond donors (Lipinski definition) is 1. The quantitative estimate of drug-likeness (QED) is 0.830. The third-order valence-electron chi connectivity index (χ3n) is 3.59. The second-order valence-corrected chi connectivity index (χ2v) is 5.19. The molecule has 0 saturated carbocycles. The van der Waals surface area contributed by atoms with Crippen LogP contribution in [0, 0.1) is 11.6 Å². The Morgan fingerprint density at radius 2 is 1.58 bits per heavy atom. The first kappa shape index (κ1) is 12.6. The van der Waals surface area contributed by atoms with Crippen LogP contribution < -0.4 is 0 Å². The number of rotatable bonds is 1. The Kier molecular flexibility index (Phi) is 3.03. The normalized spacial score (nSPS) is 21.5. The highest BCUT2D eigenvalue weighted by Gasteiger charge is 2.32. The van der Waals surface area contributed by atoms with E-state index >= 15 is 0 Å². The standard InChI is InChI=1S/C15H11ClF2O/c16-9-3-1-8(2-4-9)10-7-15(19)12-6-14(18)13(17)5-11(10)12/h1-6,10,15,19H,7H2/t10-,15-/m1/s1. The highest BCUT2D eigenvalue weighted by molar-refractivity contribution is 6.30. The van der Waals surface area contributed by atoms with Gasteiger partial charge in [-0.1, -0.05) is 23.7 Å². The molecule has 0 amide bonds. The smallest absolute Gasteiger partial charge is 0.159 e. The zero-order chi connectivity index (χ0) is 13.6. The van der Waals surface area contributed by atoms with Crippen LogP contribution in [0.1, 0.15) is 35.1 Å². The number of hydrogen-bond acceptors (Lipinski definition) is 1. The van der Waals surface area contributed by atoms with Gasteiger partial charge in [-0.15, -0.1) is 0 Å². The van der Waals surface area contributed by atoms with Crippen molar-refractivity contribution in [3.05, 3.63) is 69.7 Å². The molecule has 0 heterocycles. The minimum atomic E-state index is -0.922. The van der Waals surface area contributed by atoms with Crippen LogP contribution in [0.2, 0.25) is 5.02 Å². The van der Waals surface area contributed by atoms with E-state index in [-0.39, 0.29) is 5.92 Å². The summed E-state index contributed by atoms with van der Waals surface area (Å²) < 4.78 is 26.6. The van der Waals surface area contributed by atoms with Crippen LogP contribution in [-0.4, -0.2) is 5.11 Å². The van der Waals surface area contributed by atoms with Gasteiger partial charge in [0.1, 0.15) is 0 Å². The average molecular weight is 281 g/mol. The molecule has 19 heavy (non-hydrogen) atoms. The molecule has 2 aromatic rings. The van der Waals surface area contributed by atoms with Crippen molar-refractivity contribution in [2.75, 3.05) is 0 Å². The summed E-state index contributed by atoms with van der Waals surface area (Å²) >= 11 is 5.83. The van der Waals surface area contributed by atoms with Gasteiger partial charge in [0, 0.05) is 10.9 Å². The Morgan fingerprint density at radius 1 is 1.00 bits per heavy atom. The predicted octanol–water partition coefficient (Wildman–Crippen LogP) is 4.19. The molecule has 0 aliphatic heterocycles. The SMILES string of the molecule is O[C@@H]1C[C@H](c2ccc(Cl)cc2)c2cc(F)c(F)cc21. The van der Waals surface area contributed by atoms with Crippen molar-refractivity contribution in [2.45, 2.75) is 18.4 Å². The number of benzene rings is 2. The minimum Gasteiger partial charge on any atom is -0.388 e. The Morgan fingerprint density at radius 3 is 2.21 bits per heavy atom. The fraction of sp³-hybridized carbons (Fsp3) is 0.200. The first-order valence-electron chi connectivity index (χ1n) is 5.98. The first-order valence-corrected chi connectivity index (χ1v) is 6.36. The zero-order valence-electron chi connectivity index (χ0n) is 9.91. The average Bonchev–Trinajstić information content (AvgIpc) is 2.69. The highest BCUT2D eigenvalue weighted by Crippen LogP contribution is 2.44. The van der Waals surface area contributed by atoms with E-state index in [1.165, 1.54) is 6.07 Å². The van der Waals surface area contributed by atoms with E-state index in [1.807, 2.05) is 12.1 Å². The van der Waals surface area contributed by atoms with Crippen molar-refractivity contribution < 1.29 is 13.9 Å². The summed E-state index contributed by atoms with van der Waals surface area (Å²) in [7, 11) is 0. The molecule has 4 heteroatoms. The molecular weight excluding hydrogens is 270 g/mol. The molecule has 0 radical (unpaired) electrons. The van der Waals surface area contributed by atoms with Crippen molar-refractivity contribution in [1.29, 1.82) is 0 Å². The summed E-state index contributed by atoms with van der Waals surface area (Å²) in [6, 6.07) is 9.46. The van der Waals surface area contributed by atoms with E-state index in [9.17, 15) is 13.9 Å². The second-order valence-electron chi connectivity index (χ2n) is 4.75. The maximum Gasteiger partial charge on any atom is 0.159 e. The van der Waals surface area contributed by atoms with Gasteiger partial charge in [0.15, 0.2) is 11.6 Å². The first-order chi connectivity index (χ1) is 9.06. The molecule has 1 nitrogen and oxygen atoms in total. The molecule has 1 N–H and O–H groups in total. The van der Waals surface area contributed by atoms with Gasteiger partial charge in [0.25, 0.3) is 0 Å². The Hall–Kier alpha value is -1.45. The van der Waals surface area contributed by atoms with E-state index in [0.29, 0.717) is 22.6 Å². The van der Waals surface area contributed by atoms with Crippen LogP contribution in [0.25, 0.3) is 0 Å². The number of aliphatic hydroxyl groups excluding tert-OH is 1. The molecule has 98 valence electrons. The monoisotopic (exact) mass is 280 g/mol. The van der Waals surface area contributed by atoms with Gasteiger partial charge in [-0.25, -0.2) is 8.78 Å². The van der Waals surface area contributed by atoms with E-state index in [2.05, 4.69) is 0 Å². The molecule has 0 spiro atoms. The third kappa shape index (κ3) is 2.13. The molecule has 0 unspecified atom stereocenters. The summed E-state index contributed by atoms with van der Waals surface area (Å²) in [5.74, 6) is -1.93. The molecule has 3 rings (SSSR count). The van der Waals surface area contributed by atoms with Crippen LogP contribution in [0.5, 0.6) is 0 Å². The van der Waals surface area contributed by atoms with Crippen molar-refractivity contribution in [3.8, 4) is 0 Å². The minimum absolute atomic E-state index is 0.127. The van der Waals surface area contributed by atoms with Gasteiger partial charge in [-0.3, -0.25) is 0 Å². The molecular formula is C15H11ClF2O. The van der Waals surface area contributed by atoms with Gasteiger partial charge in [0.05, 0.1) is 6.10 Å². The Balaban J connectivity index is 2.08. The van der Waals surface area contributed by atoms with E-state index < -0.39 is 17.7 Å². The van der Waals surface area contributed by atoms with Crippen LogP contribution in [-0.2, 0) is 0 Å². The number of halogens is 3. The van der Waals surface area contributed by atoms with Crippen LogP contribution in [0.3, 0.4) is 0 Å². The summed E-state index contributed by atoms with van der Waals surface area (Å²) in [6.45, 7) is 0. The fourth-order valence-electron chi connectivity index (χ4n) is 2.66. The summed E-state index contributed by atoms with van der Waals surface area (Å²) in [5, 5.41) is 10.6. The molecule has 0 bridgehead atoms. The lowest BCUT2D eigenvalue weighted by atomic mass is 9.93.